The minimum absolute atomic E-state index is 0.00325. The Morgan fingerprint density at radius 3 is 2.46 bits per heavy atom. The molecule has 1 heterocycles. The highest BCUT2D eigenvalue weighted by molar-refractivity contribution is 5.94. The van der Waals surface area contributed by atoms with Gasteiger partial charge < -0.3 is 14.5 Å². The molecule has 0 atom stereocenters. The number of nitrogens with zero attached hydrogens (tertiary/aromatic N) is 3. The van der Waals surface area contributed by atoms with Gasteiger partial charge in [0.1, 0.15) is 0 Å². The first kappa shape index (κ1) is 19.7. The van der Waals surface area contributed by atoms with Gasteiger partial charge in [-0.05, 0) is 31.4 Å². The van der Waals surface area contributed by atoms with Crippen molar-refractivity contribution in [3.8, 4) is 0 Å². The average molecular weight is 363 g/mol. The fraction of sp³-hybridized carbons (Fsp3) is 0.556. The number of amides is 2. The third-order valence-electron chi connectivity index (χ3n) is 4.22. The SMILES string of the molecule is Cc1cc(C(=O)N2CCCN(C(=O)OCC(C)C)CC2)ccc1[N+](=O)[O-]. The van der Waals surface area contributed by atoms with Crippen LogP contribution in [0, 0.1) is 23.0 Å². The molecule has 0 aliphatic carbocycles. The van der Waals surface area contributed by atoms with Crippen LogP contribution in [-0.2, 0) is 4.74 Å². The van der Waals surface area contributed by atoms with E-state index in [0.717, 1.165) is 0 Å². The van der Waals surface area contributed by atoms with E-state index >= 15 is 0 Å². The smallest absolute Gasteiger partial charge is 0.409 e. The lowest BCUT2D eigenvalue weighted by Gasteiger charge is -2.22. The van der Waals surface area contributed by atoms with Gasteiger partial charge in [-0.1, -0.05) is 13.8 Å². The number of carbonyl (C=O) groups is 2. The summed E-state index contributed by atoms with van der Waals surface area (Å²) >= 11 is 0. The molecule has 1 saturated heterocycles. The first-order chi connectivity index (χ1) is 12.3. The molecule has 2 amide bonds. The summed E-state index contributed by atoms with van der Waals surface area (Å²) < 4.78 is 5.25. The highest BCUT2D eigenvalue weighted by atomic mass is 16.6. The normalized spacial score (nSPS) is 14.9. The standard InChI is InChI=1S/C18H25N3O5/c1-13(2)12-26-18(23)20-8-4-7-19(9-10-20)17(22)15-5-6-16(21(24)25)14(3)11-15/h5-6,11,13H,4,7-10,12H2,1-3H3. The molecule has 0 aromatic heterocycles. The number of aryl methyl sites for hydroxylation is 1. The molecule has 1 fully saturated rings. The van der Waals surface area contributed by atoms with E-state index in [4.69, 9.17) is 4.74 Å². The molecule has 0 N–H and O–H groups in total. The highest BCUT2D eigenvalue weighted by Gasteiger charge is 2.24. The van der Waals surface area contributed by atoms with Crippen LogP contribution in [0.1, 0.15) is 36.2 Å². The zero-order valence-corrected chi connectivity index (χ0v) is 15.4. The molecule has 1 aliphatic heterocycles. The Labute approximate surface area is 152 Å². The fourth-order valence-electron chi connectivity index (χ4n) is 2.81. The molecule has 0 radical (unpaired) electrons. The minimum atomic E-state index is -0.462. The van der Waals surface area contributed by atoms with Crippen LogP contribution in [0.4, 0.5) is 10.5 Å². The summed E-state index contributed by atoms with van der Waals surface area (Å²) in [7, 11) is 0. The number of hydrogen-bond donors (Lipinski definition) is 0. The lowest BCUT2D eigenvalue weighted by Crippen LogP contribution is -2.38. The second kappa shape index (κ2) is 8.64. The summed E-state index contributed by atoms with van der Waals surface area (Å²) in [6.45, 7) is 7.83. The van der Waals surface area contributed by atoms with Crippen molar-refractivity contribution in [3.05, 3.63) is 39.4 Å². The summed E-state index contributed by atoms with van der Waals surface area (Å²) in [6.07, 6.45) is 0.313. The zero-order chi connectivity index (χ0) is 19.3. The third-order valence-corrected chi connectivity index (χ3v) is 4.22. The Hall–Kier alpha value is -2.64. The van der Waals surface area contributed by atoms with E-state index in [1.165, 1.54) is 12.1 Å². The number of nitro groups is 1. The minimum Gasteiger partial charge on any atom is -0.449 e. The maximum atomic E-state index is 12.7. The van der Waals surface area contributed by atoms with Gasteiger partial charge in [0, 0.05) is 43.4 Å². The van der Waals surface area contributed by atoms with Gasteiger partial charge in [-0.15, -0.1) is 0 Å². The molecular formula is C18H25N3O5. The molecule has 26 heavy (non-hydrogen) atoms. The lowest BCUT2D eigenvalue weighted by molar-refractivity contribution is -0.385. The van der Waals surface area contributed by atoms with Crippen molar-refractivity contribution in [1.29, 1.82) is 0 Å². The van der Waals surface area contributed by atoms with E-state index < -0.39 is 4.92 Å². The van der Waals surface area contributed by atoms with Crippen LogP contribution in [0.15, 0.2) is 18.2 Å². The molecule has 2 rings (SSSR count). The van der Waals surface area contributed by atoms with E-state index in [0.29, 0.717) is 50.3 Å². The molecule has 142 valence electrons. The predicted octanol–water partition coefficient (Wildman–Crippen LogP) is 2.84. The van der Waals surface area contributed by atoms with Gasteiger partial charge in [-0.3, -0.25) is 14.9 Å². The molecule has 1 aliphatic rings. The molecule has 0 saturated carbocycles. The van der Waals surface area contributed by atoms with Gasteiger partial charge in [0.05, 0.1) is 11.5 Å². The summed E-state index contributed by atoms with van der Waals surface area (Å²) in [4.78, 5) is 38.5. The van der Waals surface area contributed by atoms with Crippen LogP contribution in [0.5, 0.6) is 0 Å². The number of carbonyl (C=O) groups excluding carboxylic acids is 2. The van der Waals surface area contributed by atoms with E-state index in [9.17, 15) is 19.7 Å². The Morgan fingerprint density at radius 2 is 1.85 bits per heavy atom. The fourth-order valence-corrected chi connectivity index (χ4v) is 2.81. The zero-order valence-electron chi connectivity index (χ0n) is 15.4. The van der Waals surface area contributed by atoms with E-state index in [2.05, 4.69) is 0 Å². The Kier molecular flexibility index (Phi) is 6.54. The van der Waals surface area contributed by atoms with Crippen LogP contribution in [0.25, 0.3) is 0 Å². The molecule has 8 heteroatoms. The largest absolute Gasteiger partial charge is 0.449 e. The van der Waals surface area contributed by atoms with Crippen LogP contribution in [0.3, 0.4) is 0 Å². The Bertz CT molecular complexity index is 689. The van der Waals surface area contributed by atoms with Crippen molar-refractivity contribution in [1.82, 2.24) is 9.80 Å². The predicted molar refractivity (Wildman–Crippen MR) is 96.1 cm³/mol. The van der Waals surface area contributed by atoms with Gasteiger partial charge >= 0.3 is 6.09 Å². The maximum absolute atomic E-state index is 12.7. The molecule has 0 unspecified atom stereocenters. The molecule has 8 nitrogen and oxygen atoms in total. The molecular weight excluding hydrogens is 338 g/mol. The Balaban J connectivity index is 2.00. The second-order valence-corrected chi connectivity index (χ2v) is 6.86. The van der Waals surface area contributed by atoms with Gasteiger partial charge in [0.2, 0.25) is 0 Å². The number of hydrogen-bond acceptors (Lipinski definition) is 5. The van der Waals surface area contributed by atoms with Gasteiger partial charge in [-0.25, -0.2) is 4.79 Å². The topological polar surface area (TPSA) is 93.0 Å². The summed E-state index contributed by atoms with van der Waals surface area (Å²) in [6, 6.07) is 4.38. The molecule has 0 bridgehead atoms. The quantitative estimate of drug-likeness (QED) is 0.606. The third kappa shape index (κ3) is 4.93. The van der Waals surface area contributed by atoms with Gasteiger partial charge in [0.15, 0.2) is 0 Å². The summed E-state index contributed by atoms with van der Waals surface area (Å²) in [5.74, 6) is 0.0924. The van der Waals surface area contributed by atoms with Crippen molar-refractivity contribution >= 4 is 17.7 Å². The van der Waals surface area contributed by atoms with Crippen molar-refractivity contribution in [2.24, 2.45) is 5.92 Å². The first-order valence-electron chi connectivity index (χ1n) is 8.75. The number of nitro benzene ring substituents is 1. The molecule has 0 spiro atoms. The molecule has 1 aromatic rings. The maximum Gasteiger partial charge on any atom is 0.409 e. The van der Waals surface area contributed by atoms with E-state index in [1.807, 2.05) is 13.8 Å². The number of rotatable bonds is 4. The summed E-state index contributed by atoms with van der Waals surface area (Å²) in [5.41, 5.74) is 0.870. The van der Waals surface area contributed by atoms with Crippen molar-refractivity contribution in [2.75, 3.05) is 32.8 Å². The van der Waals surface area contributed by atoms with Gasteiger partial charge in [0.25, 0.3) is 11.6 Å². The average Bonchev–Trinajstić information content (AvgIpc) is 2.84. The second-order valence-electron chi connectivity index (χ2n) is 6.86. The van der Waals surface area contributed by atoms with E-state index in [1.54, 1.807) is 22.8 Å². The van der Waals surface area contributed by atoms with Crippen LogP contribution in [0.2, 0.25) is 0 Å². The number of benzene rings is 1. The Morgan fingerprint density at radius 1 is 1.19 bits per heavy atom. The van der Waals surface area contributed by atoms with Crippen LogP contribution < -0.4 is 0 Å². The van der Waals surface area contributed by atoms with E-state index in [-0.39, 0.29) is 23.6 Å². The highest BCUT2D eigenvalue weighted by Crippen LogP contribution is 2.20. The lowest BCUT2D eigenvalue weighted by atomic mass is 10.1. The van der Waals surface area contributed by atoms with Crippen molar-refractivity contribution in [3.63, 3.8) is 0 Å². The van der Waals surface area contributed by atoms with Gasteiger partial charge in [-0.2, -0.15) is 0 Å². The van der Waals surface area contributed by atoms with Crippen molar-refractivity contribution in [2.45, 2.75) is 27.2 Å². The summed E-state index contributed by atoms with van der Waals surface area (Å²) in [5, 5.41) is 10.9. The monoisotopic (exact) mass is 363 g/mol. The number of ether oxygens (including phenoxy) is 1. The molecule has 1 aromatic carbocycles. The first-order valence-corrected chi connectivity index (χ1v) is 8.75. The van der Waals surface area contributed by atoms with Crippen molar-refractivity contribution < 1.29 is 19.2 Å². The van der Waals surface area contributed by atoms with Crippen LogP contribution in [-0.4, -0.2) is 59.5 Å². The van der Waals surface area contributed by atoms with Crippen LogP contribution >= 0.6 is 0 Å².